The predicted molar refractivity (Wildman–Crippen MR) is 90.5 cm³/mol. The Bertz CT molecular complexity index is 701. The Labute approximate surface area is 136 Å². The fourth-order valence-corrected chi connectivity index (χ4v) is 3.20. The van der Waals surface area contributed by atoms with Gasteiger partial charge in [0.25, 0.3) is 5.91 Å². The quantitative estimate of drug-likeness (QED) is 0.944. The summed E-state index contributed by atoms with van der Waals surface area (Å²) in [6.45, 7) is 1.57. The SMILES string of the molecule is O=C(c1cc[nH]c(=O)c1)N1CCC(CCc2ccccc2)CC1. The van der Waals surface area contributed by atoms with Gasteiger partial charge in [-0.05, 0) is 43.2 Å². The van der Waals surface area contributed by atoms with E-state index in [0.29, 0.717) is 11.5 Å². The van der Waals surface area contributed by atoms with Gasteiger partial charge in [0.15, 0.2) is 0 Å². The van der Waals surface area contributed by atoms with Crippen LogP contribution in [0.2, 0.25) is 0 Å². The van der Waals surface area contributed by atoms with E-state index >= 15 is 0 Å². The van der Waals surface area contributed by atoms with E-state index < -0.39 is 0 Å². The molecule has 2 heterocycles. The van der Waals surface area contributed by atoms with Crippen molar-refractivity contribution in [3.8, 4) is 0 Å². The monoisotopic (exact) mass is 310 g/mol. The molecule has 0 spiro atoms. The summed E-state index contributed by atoms with van der Waals surface area (Å²) >= 11 is 0. The molecule has 23 heavy (non-hydrogen) atoms. The molecule has 1 aromatic heterocycles. The molecule has 3 rings (SSSR count). The first-order valence-corrected chi connectivity index (χ1v) is 8.24. The van der Waals surface area contributed by atoms with Crippen LogP contribution >= 0.6 is 0 Å². The first-order valence-electron chi connectivity index (χ1n) is 8.24. The second-order valence-electron chi connectivity index (χ2n) is 6.20. The van der Waals surface area contributed by atoms with Crippen LogP contribution < -0.4 is 5.56 Å². The van der Waals surface area contributed by atoms with E-state index in [-0.39, 0.29) is 11.5 Å². The first-order chi connectivity index (χ1) is 11.2. The average Bonchev–Trinajstić information content (AvgIpc) is 2.61. The normalized spacial score (nSPS) is 15.6. The van der Waals surface area contributed by atoms with Crippen LogP contribution in [-0.2, 0) is 6.42 Å². The third kappa shape index (κ3) is 4.09. The molecule has 1 amide bonds. The van der Waals surface area contributed by atoms with Gasteiger partial charge in [-0.15, -0.1) is 0 Å². The number of nitrogens with one attached hydrogen (secondary N) is 1. The van der Waals surface area contributed by atoms with Crippen molar-refractivity contribution >= 4 is 5.91 Å². The number of rotatable bonds is 4. The average molecular weight is 310 g/mol. The van der Waals surface area contributed by atoms with Crippen LogP contribution in [0.1, 0.15) is 35.2 Å². The van der Waals surface area contributed by atoms with Gasteiger partial charge in [-0.3, -0.25) is 9.59 Å². The zero-order valence-electron chi connectivity index (χ0n) is 13.2. The molecule has 4 nitrogen and oxygen atoms in total. The largest absolute Gasteiger partial charge is 0.339 e. The minimum Gasteiger partial charge on any atom is -0.339 e. The predicted octanol–water partition coefficient (Wildman–Crippen LogP) is 2.86. The molecule has 0 saturated carbocycles. The summed E-state index contributed by atoms with van der Waals surface area (Å²) in [5, 5.41) is 0. The van der Waals surface area contributed by atoms with E-state index in [1.165, 1.54) is 24.2 Å². The molecule has 0 radical (unpaired) electrons. The topological polar surface area (TPSA) is 53.2 Å². The zero-order valence-corrected chi connectivity index (χ0v) is 13.2. The van der Waals surface area contributed by atoms with Crippen molar-refractivity contribution in [1.82, 2.24) is 9.88 Å². The molecule has 0 unspecified atom stereocenters. The summed E-state index contributed by atoms with van der Waals surface area (Å²) in [7, 11) is 0. The highest BCUT2D eigenvalue weighted by atomic mass is 16.2. The summed E-state index contributed by atoms with van der Waals surface area (Å²) < 4.78 is 0. The van der Waals surface area contributed by atoms with Gasteiger partial charge in [-0.25, -0.2) is 0 Å². The molecule has 4 heteroatoms. The number of piperidine rings is 1. The molecule has 0 bridgehead atoms. The maximum atomic E-state index is 12.4. The number of carbonyl (C=O) groups is 1. The Kier molecular flexibility index (Phi) is 4.91. The second-order valence-corrected chi connectivity index (χ2v) is 6.20. The molecule has 1 aliphatic heterocycles. The van der Waals surface area contributed by atoms with Crippen molar-refractivity contribution in [3.05, 3.63) is 70.1 Å². The third-order valence-corrected chi connectivity index (χ3v) is 4.61. The van der Waals surface area contributed by atoms with Crippen molar-refractivity contribution in [2.24, 2.45) is 5.92 Å². The standard InChI is InChI=1S/C19H22N2O2/c22-18-14-17(8-11-20-18)19(23)21-12-9-16(10-13-21)7-6-15-4-2-1-3-5-15/h1-5,8,11,14,16H,6-7,9-10,12-13H2,(H,20,22). The van der Waals surface area contributed by atoms with Crippen LogP contribution in [0.15, 0.2) is 53.5 Å². The molecule has 1 fully saturated rings. The van der Waals surface area contributed by atoms with Crippen LogP contribution in [-0.4, -0.2) is 28.9 Å². The lowest BCUT2D eigenvalue weighted by Gasteiger charge is -2.32. The van der Waals surface area contributed by atoms with Gasteiger partial charge < -0.3 is 9.88 Å². The van der Waals surface area contributed by atoms with Crippen LogP contribution in [0.5, 0.6) is 0 Å². The first kappa shape index (κ1) is 15.5. The molecule has 120 valence electrons. The van der Waals surface area contributed by atoms with Crippen molar-refractivity contribution in [1.29, 1.82) is 0 Å². The number of carbonyl (C=O) groups excluding carboxylic acids is 1. The Balaban J connectivity index is 1.50. The smallest absolute Gasteiger partial charge is 0.254 e. The van der Waals surface area contributed by atoms with Gasteiger partial charge in [0, 0.05) is 30.9 Å². The summed E-state index contributed by atoms with van der Waals surface area (Å²) in [5.74, 6) is 0.649. The van der Waals surface area contributed by atoms with Gasteiger partial charge in [-0.2, -0.15) is 0 Å². The van der Waals surface area contributed by atoms with E-state index in [1.54, 1.807) is 6.07 Å². The number of aromatic nitrogens is 1. The number of hydrogen-bond donors (Lipinski definition) is 1. The lowest BCUT2D eigenvalue weighted by atomic mass is 9.90. The molecular formula is C19H22N2O2. The van der Waals surface area contributed by atoms with Gasteiger partial charge in [-0.1, -0.05) is 30.3 Å². The minimum atomic E-state index is -0.228. The lowest BCUT2D eigenvalue weighted by Crippen LogP contribution is -2.38. The highest BCUT2D eigenvalue weighted by molar-refractivity contribution is 5.94. The van der Waals surface area contributed by atoms with Crippen molar-refractivity contribution < 1.29 is 4.79 Å². The molecular weight excluding hydrogens is 288 g/mol. The van der Waals surface area contributed by atoms with E-state index in [0.717, 1.165) is 32.4 Å². The van der Waals surface area contributed by atoms with Gasteiger partial charge in [0.1, 0.15) is 0 Å². The number of nitrogens with zero attached hydrogens (tertiary/aromatic N) is 1. The zero-order chi connectivity index (χ0) is 16.1. The number of pyridine rings is 1. The van der Waals surface area contributed by atoms with E-state index in [1.807, 2.05) is 11.0 Å². The summed E-state index contributed by atoms with van der Waals surface area (Å²) in [6, 6.07) is 13.6. The number of aryl methyl sites for hydroxylation is 1. The molecule has 1 aromatic carbocycles. The van der Waals surface area contributed by atoms with E-state index in [2.05, 4.69) is 29.2 Å². The van der Waals surface area contributed by atoms with Crippen LogP contribution in [0.4, 0.5) is 0 Å². The van der Waals surface area contributed by atoms with Crippen molar-refractivity contribution in [2.75, 3.05) is 13.1 Å². The van der Waals surface area contributed by atoms with Crippen LogP contribution in [0, 0.1) is 5.92 Å². The van der Waals surface area contributed by atoms with E-state index in [9.17, 15) is 9.59 Å². The Hall–Kier alpha value is -2.36. The maximum absolute atomic E-state index is 12.4. The molecule has 0 atom stereocenters. The third-order valence-electron chi connectivity index (χ3n) is 4.61. The highest BCUT2D eigenvalue weighted by Crippen LogP contribution is 2.23. The number of hydrogen-bond acceptors (Lipinski definition) is 2. The highest BCUT2D eigenvalue weighted by Gasteiger charge is 2.23. The van der Waals surface area contributed by atoms with Gasteiger partial charge in [0.05, 0.1) is 0 Å². The Morgan fingerprint density at radius 2 is 1.87 bits per heavy atom. The number of aromatic amines is 1. The second kappa shape index (κ2) is 7.27. The summed E-state index contributed by atoms with van der Waals surface area (Å²) in [4.78, 5) is 28.1. The maximum Gasteiger partial charge on any atom is 0.254 e. The van der Waals surface area contributed by atoms with Crippen LogP contribution in [0.25, 0.3) is 0 Å². The number of amides is 1. The number of H-pyrrole nitrogens is 1. The van der Waals surface area contributed by atoms with E-state index in [4.69, 9.17) is 0 Å². The molecule has 1 N–H and O–H groups in total. The number of benzene rings is 1. The fraction of sp³-hybridized carbons (Fsp3) is 0.368. The Morgan fingerprint density at radius 3 is 2.57 bits per heavy atom. The van der Waals surface area contributed by atoms with Gasteiger partial charge in [0.2, 0.25) is 5.56 Å². The lowest BCUT2D eigenvalue weighted by molar-refractivity contribution is 0.0686. The number of likely N-dealkylation sites (tertiary alicyclic amines) is 1. The molecule has 2 aromatic rings. The summed E-state index contributed by atoms with van der Waals surface area (Å²) in [6.07, 6.45) is 5.90. The van der Waals surface area contributed by atoms with Crippen molar-refractivity contribution in [3.63, 3.8) is 0 Å². The Morgan fingerprint density at radius 1 is 1.13 bits per heavy atom. The molecule has 1 saturated heterocycles. The van der Waals surface area contributed by atoms with Crippen LogP contribution in [0.3, 0.4) is 0 Å². The molecule has 0 aliphatic carbocycles. The summed E-state index contributed by atoms with van der Waals surface area (Å²) in [5.41, 5.74) is 1.64. The molecule has 1 aliphatic rings. The van der Waals surface area contributed by atoms with Gasteiger partial charge >= 0.3 is 0 Å². The minimum absolute atomic E-state index is 0.0300. The van der Waals surface area contributed by atoms with Crippen molar-refractivity contribution in [2.45, 2.75) is 25.7 Å². The fourth-order valence-electron chi connectivity index (χ4n) is 3.20.